The first-order valence-electron chi connectivity index (χ1n) is 2.96. The standard InChI is InChI=1S/C7H4BrF3O/c8-5-1-4(7(9,10)11)2-6(12)3-5/h1-3,12H. The predicted octanol–water partition coefficient (Wildman–Crippen LogP) is 3.17. The van der Waals surface area contributed by atoms with E-state index in [9.17, 15) is 13.2 Å². The summed E-state index contributed by atoms with van der Waals surface area (Å²) in [6.07, 6.45) is -4.42. The van der Waals surface area contributed by atoms with Gasteiger partial charge in [-0.3, -0.25) is 0 Å². The van der Waals surface area contributed by atoms with Crippen LogP contribution in [-0.4, -0.2) is 5.11 Å². The van der Waals surface area contributed by atoms with E-state index in [4.69, 9.17) is 5.11 Å². The average Bonchev–Trinajstić information content (AvgIpc) is 1.82. The molecule has 1 nitrogen and oxygen atoms in total. The van der Waals surface area contributed by atoms with Crippen LogP contribution in [0.4, 0.5) is 13.2 Å². The second-order valence-corrected chi connectivity index (χ2v) is 3.11. The SMILES string of the molecule is Oc1cc(Br)cc(C(F)(F)F)c1. The molecule has 0 heterocycles. The number of phenols is 1. The number of rotatable bonds is 0. The summed E-state index contributed by atoms with van der Waals surface area (Å²) >= 11 is 2.85. The Morgan fingerprint density at radius 1 is 1.17 bits per heavy atom. The summed E-state index contributed by atoms with van der Waals surface area (Å²) in [5.74, 6) is -0.406. The highest BCUT2D eigenvalue weighted by atomic mass is 79.9. The van der Waals surface area contributed by atoms with Gasteiger partial charge in [-0.2, -0.15) is 13.2 Å². The van der Waals surface area contributed by atoms with Crippen molar-refractivity contribution in [1.82, 2.24) is 0 Å². The number of phenolic OH excluding ortho intramolecular Hbond substituents is 1. The van der Waals surface area contributed by atoms with E-state index in [0.717, 1.165) is 6.07 Å². The second-order valence-electron chi connectivity index (χ2n) is 2.20. The third-order valence-corrected chi connectivity index (χ3v) is 1.67. The lowest BCUT2D eigenvalue weighted by Gasteiger charge is -2.06. The van der Waals surface area contributed by atoms with Crippen molar-refractivity contribution >= 4 is 15.9 Å². The van der Waals surface area contributed by atoms with Crippen LogP contribution in [0.25, 0.3) is 0 Å². The maximum Gasteiger partial charge on any atom is 0.416 e. The number of hydrogen-bond donors (Lipinski definition) is 1. The summed E-state index contributed by atoms with van der Waals surface area (Å²) in [7, 11) is 0. The Morgan fingerprint density at radius 3 is 2.17 bits per heavy atom. The molecule has 0 unspecified atom stereocenters. The zero-order valence-electron chi connectivity index (χ0n) is 5.69. The van der Waals surface area contributed by atoms with E-state index in [-0.39, 0.29) is 4.47 Å². The van der Waals surface area contributed by atoms with E-state index in [1.54, 1.807) is 0 Å². The van der Waals surface area contributed by atoms with E-state index in [0.29, 0.717) is 6.07 Å². The lowest BCUT2D eigenvalue weighted by Crippen LogP contribution is -2.04. The van der Waals surface area contributed by atoms with Crippen molar-refractivity contribution in [2.75, 3.05) is 0 Å². The fourth-order valence-electron chi connectivity index (χ4n) is 0.738. The van der Waals surface area contributed by atoms with E-state index < -0.39 is 17.5 Å². The van der Waals surface area contributed by atoms with E-state index in [2.05, 4.69) is 15.9 Å². The van der Waals surface area contributed by atoms with Gasteiger partial charge in [0.15, 0.2) is 0 Å². The van der Waals surface area contributed by atoms with Gasteiger partial charge in [-0.25, -0.2) is 0 Å². The molecule has 0 amide bonds. The van der Waals surface area contributed by atoms with Crippen molar-refractivity contribution in [1.29, 1.82) is 0 Å². The van der Waals surface area contributed by atoms with Gasteiger partial charge in [0, 0.05) is 4.47 Å². The highest BCUT2D eigenvalue weighted by molar-refractivity contribution is 9.10. The summed E-state index contributed by atoms with van der Waals surface area (Å²) < 4.78 is 36.3. The molecule has 0 radical (unpaired) electrons. The molecule has 0 aliphatic heterocycles. The predicted molar refractivity (Wildman–Crippen MR) is 40.8 cm³/mol. The zero-order valence-corrected chi connectivity index (χ0v) is 7.28. The number of aromatic hydroxyl groups is 1. The van der Waals surface area contributed by atoms with Crippen LogP contribution in [0.3, 0.4) is 0 Å². The van der Waals surface area contributed by atoms with Crippen LogP contribution in [0.1, 0.15) is 5.56 Å². The molecular weight excluding hydrogens is 237 g/mol. The molecule has 66 valence electrons. The molecule has 1 aromatic rings. The van der Waals surface area contributed by atoms with Gasteiger partial charge in [-0.1, -0.05) is 15.9 Å². The number of halogens is 4. The summed E-state index contributed by atoms with van der Waals surface area (Å²) in [4.78, 5) is 0. The van der Waals surface area contributed by atoms with E-state index >= 15 is 0 Å². The third-order valence-electron chi connectivity index (χ3n) is 1.21. The third kappa shape index (κ3) is 2.14. The summed E-state index contributed by atoms with van der Waals surface area (Å²) in [6.45, 7) is 0. The average molecular weight is 241 g/mol. The summed E-state index contributed by atoms with van der Waals surface area (Å²) in [5.41, 5.74) is -0.866. The van der Waals surface area contributed by atoms with Gasteiger partial charge >= 0.3 is 6.18 Å². The van der Waals surface area contributed by atoms with Gasteiger partial charge < -0.3 is 5.11 Å². The Balaban J connectivity index is 3.18. The van der Waals surface area contributed by atoms with Crippen molar-refractivity contribution in [3.63, 3.8) is 0 Å². The number of benzene rings is 1. The topological polar surface area (TPSA) is 20.2 Å². The zero-order chi connectivity index (χ0) is 9.35. The van der Waals surface area contributed by atoms with Crippen LogP contribution < -0.4 is 0 Å². The molecule has 1 rings (SSSR count). The molecule has 0 saturated heterocycles. The smallest absolute Gasteiger partial charge is 0.416 e. The maximum absolute atomic E-state index is 12.0. The minimum absolute atomic E-state index is 0.204. The molecular formula is C7H4BrF3O. The quantitative estimate of drug-likeness (QED) is 0.739. The molecule has 0 atom stereocenters. The Morgan fingerprint density at radius 2 is 1.75 bits per heavy atom. The van der Waals surface area contributed by atoms with Crippen molar-refractivity contribution < 1.29 is 18.3 Å². The lowest BCUT2D eigenvalue weighted by atomic mass is 10.2. The van der Waals surface area contributed by atoms with Crippen LogP contribution in [0.5, 0.6) is 5.75 Å². The van der Waals surface area contributed by atoms with E-state index in [1.165, 1.54) is 6.07 Å². The van der Waals surface area contributed by atoms with Crippen molar-refractivity contribution in [2.45, 2.75) is 6.18 Å². The Labute approximate surface area is 75.0 Å². The molecule has 0 bridgehead atoms. The van der Waals surface area contributed by atoms with Gasteiger partial charge in [0.25, 0.3) is 0 Å². The Bertz CT molecular complexity index is 275. The fraction of sp³-hybridized carbons (Fsp3) is 0.143. The Kier molecular flexibility index (Phi) is 2.32. The molecule has 0 saturated carbocycles. The summed E-state index contributed by atoms with van der Waals surface area (Å²) in [5, 5.41) is 8.83. The molecule has 0 aliphatic carbocycles. The highest BCUT2D eigenvalue weighted by Crippen LogP contribution is 2.33. The van der Waals surface area contributed by atoms with Crippen LogP contribution in [0.15, 0.2) is 22.7 Å². The molecule has 12 heavy (non-hydrogen) atoms. The summed E-state index contributed by atoms with van der Waals surface area (Å²) in [6, 6.07) is 2.76. The molecule has 0 spiro atoms. The fourth-order valence-corrected chi connectivity index (χ4v) is 1.22. The molecule has 0 fully saturated rings. The van der Waals surface area contributed by atoms with Crippen molar-refractivity contribution in [3.8, 4) is 5.75 Å². The Hall–Kier alpha value is -0.710. The van der Waals surface area contributed by atoms with Gasteiger partial charge in [-0.15, -0.1) is 0 Å². The second kappa shape index (κ2) is 2.97. The first-order chi connectivity index (χ1) is 5.39. The molecule has 0 aromatic heterocycles. The number of hydrogen-bond acceptors (Lipinski definition) is 1. The normalized spacial score (nSPS) is 11.7. The van der Waals surface area contributed by atoms with Crippen LogP contribution in [-0.2, 0) is 6.18 Å². The lowest BCUT2D eigenvalue weighted by molar-refractivity contribution is -0.137. The van der Waals surface area contributed by atoms with Gasteiger partial charge in [0.2, 0.25) is 0 Å². The minimum Gasteiger partial charge on any atom is -0.508 e. The first-order valence-corrected chi connectivity index (χ1v) is 3.75. The van der Waals surface area contributed by atoms with E-state index in [1.807, 2.05) is 0 Å². The van der Waals surface area contributed by atoms with Crippen LogP contribution in [0.2, 0.25) is 0 Å². The first kappa shape index (κ1) is 9.38. The van der Waals surface area contributed by atoms with Crippen LogP contribution in [0, 0.1) is 0 Å². The highest BCUT2D eigenvalue weighted by Gasteiger charge is 2.31. The molecule has 1 aromatic carbocycles. The van der Waals surface area contributed by atoms with Gasteiger partial charge in [-0.05, 0) is 18.2 Å². The van der Waals surface area contributed by atoms with Crippen molar-refractivity contribution in [3.05, 3.63) is 28.2 Å². The monoisotopic (exact) mass is 240 g/mol. The van der Waals surface area contributed by atoms with Crippen molar-refractivity contribution in [2.24, 2.45) is 0 Å². The van der Waals surface area contributed by atoms with Crippen LogP contribution >= 0.6 is 15.9 Å². The molecule has 0 aliphatic rings. The molecule has 1 N–H and O–H groups in total. The maximum atomic E-state index is 12.0. The number of alkyl halides is 3. The van der Waals surface area contributed by atoms with Gasteiger partial charge in [0.05, 0.1) is 5.56 Å². The largest absolute Gasteiger partial charge is 0.508 e. The van der Waals surface area contributed by atoms with Gasteiger partial charge in [0.1, 0.15) is 5.75 Å². The molecule has 5 heteroatoms. The minimum atomic E-state index is -4.42.